The number of hydrogen-bond donors (Lipinski definition) is 0. The molecule has 1 heterocycles. The highest BCUT2D eigenvalue weighted by molar-refractivity contribution is 6.15. The van der Waals surface area contributed by atoms with Crippen molar-refractivity contribution in [2.75, 3.05) is 21.3 Å². The van der Waals surface area contributed by atoms with Crippen LogP contribution in [0.2, 0.25) is 0 Å². The Labute approximate surface area is 152 Å². The normalized spacial score (nSPS) is 10.7. The lowest BCUT2D eigenvalue weighted by Crippen LogP contribution is -2.07. The van der Waals surface area contributed by atoms with Gasteiger partial charge < -0.3 is 14.2 Å². The first-order valence-corrected chi connectivity index (χ1v) is 8.20. The summed E-state index contributed by atoms with van der Waals surface area (Å²) in [6.45, 7) is 4.07. The van der Waals surface area contributed by atoms with Gasteiger partial charge in [0.05, 0.1) is 21.3 Å². The van der Waals surface area contributed by atoms with E-state index in [2.05, 4.69) is 18.0 Å². The number of ether oxygens (including phenoxy) is 3. The van der Waals surface area contributed by atoms with E-state index >= 15 is 0 Å². The molecule has 0 spiro atoms. The molecule has 0 aliphatic heterocycles. The maximum atomic E-state index is 13.2. The Morgan fingerprint density at radius 2 is 1.50 bits per heavy atom. The van der Waals surface area contributed by atoms with Crippen LogP contribution in [0.3, 0.4) is 0 Å². The third-order valence-corrected chi connectivity index (χ3v) is 4.52. The van der Waals surface area contributed by atoms with Gasteiger partial charge in [0.15, 0.2) is 11.5 Å². The second-order valence-corrected chi connectivity index (χ2v) is 6.06. The third kappa shape index (κ3) is 2.96. The van der Waals surface area contributed by atoms with Crippen LogP contribution in [0.15, 0.2) is 36.5 Å². The molecule has 3 rings (SSSR count). The summed E-state index contributed by atoms with van der Waals surface area (Å²) in [7, 11) is 4.57. The van der Waals surface area contributed by atoms with Crippen LogP contribution < -0.4 is 14.2 Å². The molecule has 0 aliphatic carbocycles. The molecule has 2 aromatic carbocycles. The Bertz CT molecular complexity index is 970. The van der Waals surface area contributed by atoms with Gasteiger partial charge in [-0.1, -0.05) is 6.07 Å². The van der Waals surface area contributed by atoms with Gasteiger partial charge >= 0.3 is 0 Å². The van der Waals surface area contributed by atoms with E-state index in [1.54, 1.807) is 18.3 Å². The van der Waals surface area contributed by atoms with E-state index < -0.39 is 0 Å². The molecule has 5 heteroatoms. The van der Waals surface area contributed by atoms with Crippen molar-refractivity contribution in [1.29, 1.82) is 0 Å². The van der Waals surface area contributed by atoms with E-state index in [1.165, 1.54) is 26.9 Å². The van der Waals surface area contributed by atoms with E-state index in [4.69, 9.17) is 14.2 Å². The average molecular weight is 351 g/mol. The second-order valence-electron chi connectivity index (χ2n) is 6.06. The van der Waals surface area contributed by atoms with Crippen molar-refractivity contribution in [3.8, 4) is 17.2 Å². The summed E-state index contributed by atoms with van der Waals surface area (Å²) in [5.41, 5.74) is 3.12. The first-order chi connectivity index (χ1) is 12.5. The smallest absolute Gasteiger partial charge is 0.212 e. The second kappa shape index (κ2) is 7.04. The van der Waals surface area contributed by atoms with Crippen LogP contribution in [0.1, 0.15) is 27.2 Å². The molecule has 0 fully saturated rings. The minimum Gasteiger partial charge on any atom is -0.493 e. The van der Waals surface area contributed by atoms with Crippen molar-refractivity contribution >= 4 is 16.6 Å². The number of aromatic nitrogens is 1. The number of methoxy groups -OCH3 is 3. The Kier molecular flexibility index (Phi) is 4.80. The van der Waals surface area contributed by atoms with Crippen LogP contribution in [-0.4, -0.2) is 32.1 Å². The first-order valence-electron chi connectivity index (χ1n) is 8.20. The molecule has 0 saturated carbocycles. The van der Waals surface area contributed by atoms with Crippen LogP contribution in [0.25, 0.3) is 10.8 Å². The summed E-state index contributed by atoms with van der Waals surface area (Å²) < 4.78 is 16.0. The minimum absolute atomic E-state index is 0.196. The van der Waals surface area contributed by atoms with E-state index in [-0.39, 0.29) is 5.78 Å². The number of ketones is 1. The zero-order valence-electron chi connectivity index (χ0n) is 15.5. The van der Waals surface area contributed by atoms with E-state index in [1.807, 2.05) is 19.1 Å². The highest BCUT2D eigenvalue weighted by Crippen LogP contribution is 2.39. The number of benzene rings is 2. The van der Waals surface area contributed by atoms with Gasteiger partial charge in [0, 0.05) is 17.1 Å². The molecular formula is C21H21NO4. The summed E-state index contributed by atoms with van der Waals surface area (Å²) in [6, 6.07) is 9.27. The van der Waals surface area contributed by atoms with Crippen LogP contribution in [0.5, 0.6) is 17.2 Å². The zero-order valence-corrected chi connectivity index (χ0v) is 15.5. The monoisotopic (exact) mass is 351 g/mol. The van der Waals surface area contributed by atoms with Crippen LogP contribution in [0.4, 0.5) is 0 Å². The Hall–Kier alpha value is -3.08. The first kappa shape index (κ1) is 17.7. The van der Waals surface area contributed by atoms with Gasteiger partial charge in [-0.05, 0) is 54.6 Å². The Morgan fingerprint density at radius 3 is 2.08 bits per heavy atom. The molecule has 0 bridgehead atoms. The highest BCUT2D eigenvalue weighted by Gasteiger charge is 2.20. The topological polar surface area (TPSA) is 57.7 Å². The largest absolute Gasteiger partial charge is 0.493 e. The molecule has 0 radical (unpaired) electrons. The maximum absolute atomic E-state index is 13.2. The maximum Gasteiger partial charge on any atom is 0.212 e. The molecule has 1 aromatic heterocycles. The van der Waals surface area contributed by atoms with Crippen molar-refractivity contribution < 1.29 is 19.0 Å². The van der Waals surface area contributed by atoms with Gasteiger partial charge in [0.2, 0.25) is 11.5 Å². The SMILES string of the molecule is COc1cc(C(=O)c2nccc3cc(C)c(C)cc23)cc(OC)c1OC. The average Bonchev–Trinajstić information content (AvgIpc) is 2.66. The number of carbonyl (C=O) groups is 1. The van der Waals surface area contributed by atoms with Gasteiger partial charge in [-0.25, -0.2) is 0 Å². The third-order valence-electron chi connectivity index (χ3n) is 4.52. The molecule has 0 atom stereocenters. The summed E-state index contributed by atoms with van der Waals surface area (Å²) in [4.78, 5) is 17.5. The summed E-state index contributed by atoms with van der Waals surface area (Å²) in [5.74, 6) is 1.12. The molecule has 0 amide bonds. The number of rotatable bonds is 5. The fourth-order valence-corrected chi connectivity index (χ4v) is 2.97. The molecule has 26 heavy (non-hydrogen) atoms. The van der Waals surface area contributed by atoms with Gasteiger partial charge in [-0.15, -0.1) is 0 Å². The summed E-state index contributed by atoms with van der Waals surface area (Å²) in [6.07, 6.45) is 1.66. The predicted molar refractivity (Wildman–Crippen MR) is 101 cm³/mol. The minimum atomic E-state index is -0.196. The number of fused-ring (bicyclic) bond motifs is 1. The molecule has 0 unspecified atom stereocenters. The lowest BCUT2D eigenvalue weighted by Gasteiger charge is -2.14. The molecular weight excluding hydrogens is 330 g/mol. The molecule has 0 aliphatic rings. The standard InChI is InChI=1S/C21H21NO4/c1-12-8-14-6-7-22-19(16(14)9-13(12)2)20(23)15-10-17(24-3)21(26-5)18(11-15)25-4/h6-11H,1-5H3. The predicted octanol–water partition coefficient (Wildman–Crippen LogP) is 4.11. The van der Waals surface area contributed by atoms with Gasteiger partial charge in [0.25, 0.3) is 0 Å². The molecule has 0 saturated heterocycles. The summed E-state index contributed by atoms with van der Waals surface area (Å²) >= 11 is 0. The zero-order chi connectivity index (χ0) is 18.8. The van der Waals surface area contributed by atoms with Gasteiger partial charge in [0.1, 0.15) is 5.69 Å². The van der Waals surface area contributed by atoms with Crippen LogP contribution in [0, 0.1) is 13.8 Å². The number of aryl methyl sites for hydroxylation is 2. The van der Waals surface area contributed by atoms with Gasteiger partial charge in [-0.2, -0.15) is 0 Å². The molecule has 134 valence electrons. The van der Waals surface area contributed by atoms with Crippen molar-refractivity contribution in [2.24, 2.45) is 0 Å². The van der Waals surface area contributed by atoms with Crippen LogP contribution >= 0.6 is 0 Å². The Balaban J connectivity index is 2.19. The number of nitrogens with zero attached hydrogens (tertiary/aromatic N) is 1. The van der Waals surface area contributed by atoms with Crippen molar-refractivity contribution in [3.05, 3.63) is 58.9 Å². The van der Waals surface area contributed by atoms with E-state index in [0.717, 1.165) is 16.3 Å². The van der Waals surface area contributed by atoms with E-state index in [9.17, 15) is 4.79 Å². The lowest BCUT2D eigenvalue weighted by molar-refractivity contribution is 0.103. The van der Waals surface area contributed by atoms with Crippen molar-refractivity contribution in [3.63, 3.8) is 0 Å². The Morgan fingerprint density at radius 1 is 0.885 bits per heavy atom. The lowest BCUT2D eigenvalue weighted by atomic mass is 9.98. The number of pyridine rings is 1. The number of carbonyl (C=O) groups excluding carboxylic acids is 1. The fourth-order valence-electron chi connectivity index (χ4n) is 2.97. The molecule has 0 N–H and O–H groups in total. The summed E-state index contributed by atoms with van der Waals surface area (Å²) in [5, 5.41) is 1.81. The molecule has 5 nitrogen and oxygen atoms in total. The fraction of sp³-hybridized carbons (Fsp3) is 0.238. The highest BCUT2D eigenvalue weighted by atomic mass is 16.5. The van der Waals surface area contributed by atoms with Crippen molar-refractivity contribution in [2.45, 2.75) is 13.8 Å². The quantitative estimate of drug-likeness (QED) is 0.648. The van der Waals surface area contributed by atoms with Crippen LogP contribution in [-0.2, 0) is 0 Å². The van der Waals surface area contributed by atoms with E-state index in [0.29, 0.717) is 28.5 Å². The number of hydrogen-bond acceptors (Lipinski definition) is 5. The van der Waals surface area contributed by atoms with Gasteiger partial charge in [-0.3, -0.25) is 9.78 Å². The van der Waals surface area contributed by atoms with Crippen molar-refractivity contribution in [1.82, 2.24) is 4.98 Å². The molecule has 3 aromatic rings.